The van der Waals surface area contributed by atoms with Crippen LogP contribution in [0.15, 0.2) is 39.6 Å². The Balaban J connectivity index is 2.29. The summed E-state index contributed by atoms with van der Waals surface area (Å²) in [5.41, 5.74) is 1.32. The average molecular weight is 337 g/mol. The topological polar surface area (TPSA) is 78.1 Å². The predicted molar refractivity (Wildman–Crippen MR) is 81.3 cm³/mol. The third kappa shape index (κ3) is 3.24. The van der Waals surface area contributed by atoms with E-state index in [9.17, 15) is 9.59 Å². The van der Waals surface area contributed by atoms with E-state index in [-0.39, 0.29) is 17.2 Å². The Labute approximate surface area is 123 Å². The number of aromatic amines is 1. The highest BCUT2D eigenvalue weighted by Gasteiger charge is 2.12. The lowest BCUT2D eigenvalue weighted by Crippen LogP contribution is -2.19. The number of nitrogens with one attached hydrogen (secondary N) is 2. The molecule has 1 heterocycles. The molecule has 0 atom stereocenters. The summed E-state index contributed by atoms with van der Waals surface area (Å²) in [6, 6.07) is 8.22. The number of rotatable bonds is 3. The molecule has 20 heavy (non-hydrogen) atoms. The molecule has 0 spiro atoms. The fourth-order valence-electron chi connectivity index (χ4n) is 1.66. The zero-order valence-electron chi connectivity index (χ0n) is 11.0. The molecule has 0 saturated heterocycles. The van der Waals surface area contributed by atoms with Crippen LogP contribution in [0.25, 0.3) is 0 Å². The quantitative estimate of drug-likeness (QED) is 0.896. The number of carbonyl (C=O) groups excluding carboxylic acids is 1. The Hall–Kier alpha value is -2.15. The van der Waals surface area contributed by atoms with Gasteiger partial charge in [-0.25, -0.2) is 5.10 Å². The summed E-state index contributed by atoms with van der Waals surface area (Å²) >= 11 is 3.37. The first kappa shape index (κ1) is 14.3. The van der Waals surface area contributed by atoms with E-state index in [1.807, 2.05) is 31.1 Å². The van der Waals surface area contributed by atoms with Gasteiger partial charge in [-0.2, -0.15) is 5.10 Å². The highest BCUT2D eigenvalue weighted by molar-refractivity contribution is 9.10. The smallest absolute Gasteiger partial charge is 0.276 e. The normalized spacial score (nSPS) is 10.2. The predicted octanol–water partition coefficient (Wildman–Crippen LogP) is 1.85. The molecule has 0 saturated carbocycles. The molecule has 0 aliphatic rings. The van der Waals surface area contributed by atoms with Gasteiger partial charge in [0.15, 0.2) is 0 Å². The molecule has 1 aromatic heterocycles. The van der Waals surface area contributed by atoms with E-state index >= 15 is 0 Å². The number of carbonyl (C=O) groups is 1. The summed E-state index contributed by atoms with van der Waals surface area (Å²) in [6.45, 7) is 0. The molecule has 2 rings (SSSR count). The van der Waals surface area contributed by atoms with Crippen LogP contribution < -0.4 is 15.8 Å². The summed E-state index contributed by atoms with van der Waals surface area (Å²) in [7, 11) is 3.77. The van der Waals surface area contributed by atoms with Crippen molar-refractivity contribution in [3.8, 4) is 0 Å². The number of amides is 1. The van der Waals surface area contributed by atoms with Crippen LogP contribution in [0.2, 0.25) is 0 Å². The highest BCUT2D eigenvalue weighted by Crippen LogP contribution is 2.28. The van der Waals surface area contributed by atoms with E-state index in [4.69, 9.17) is 0 Å². The fourth-order valence-corrected chi connectivity index (χ4v) is 2.02. The molecule has 2 aromatic rings. The van der Waals surface area contributed by atoms with Gasteiger partial charge in [-0.1, -0.05) is 15.9 Å². The molecule has 6 nitrogen and oxygen atoms in total. The Morgan fingerprint density at radius 3 is 2.65 bits per heavy atom. The van der Waals surface area contributed by atoms with Crippen LogP contribution in [0, 0.1) is 0 Å². The zero-order valence-corrected chi connectivity index (χ0v) is 12.6. The second kappa shape index (κ2) is 5.87. The maximum absolute atomic E-state index is 12.1. The van der Waals surface area contributed by atoms with Crippen LogP contribution in [0.5, 0.6) is 0 Å². The first-order valence-corrected chi connectivity index (χ1v) is 6.60. The molecule has 1 amide bonds. The zero-order chi connectivity index (χ0) is 14.7. The Kier molecular flexibility index (Phi) is 4.19. The lowest BCUT2D eigenvalue weighted by Gasteiger charge is -2.18. The van der Waals surface area contributed by atoms with Crippen molar-refractivity contribution in [2.24, 2.45) is 0 Å². The molecule has 0 radical (unpaired) electrons. The van der Waals surface area contributed by atoms with Gasteiger partial charge in [0.25, 0.3) is 11.5 Å². The molecule has 0 aliphatic carbocycles. The molecule has 104 valence electrons. The van der Waals surface area contributed by atoms with E-state index < -0.39 is 0 Å². The molecule has 0 aliphatic heterocycles. The van der Waals surface area contributed by atoms with Gasteiger partial charge < -0.3 is 10.2 Å². The second-order valence-corrected chi connectivity index (χ2v) is 5.23. The van der Waals surface area contributed by atoms with Crippen molar-refractivity contribution >= 4 is 33.2 Å². The average Bonchev–Trinajstić information content (AvgIpc) is 2.39. The number of nitrogens with zero attached hydrogens (tertiary/aromatic N) is 2. The minimum Gasteiger partial charge on any atom is -0.376 e. The van der Waals surface area contributed by atoms with Crippen molar-refractivity contribution in [2.75, 3.05) is 24.3 Å². The van der Waals surface area contributed by atoms with Crippen molar-refractivity contribution in [1.29, 1.82) is 0 Å². The maximum Gasteiger partial charge on any atom is 0.276 e. The number of benzene rings is 1. The number of hydrogen-bond donors (Lipinski definition) is 2. The van der Waals surface area contributed by atoms with E-state index in [0.29, 0.717) is 5.69 Å². The van der Waals surface area contributed by atoms with Crippen LogP contribution in [0.3, 0.4) is 0 Å². The molecule has 0 unspecified atom stereocenters. The summed E-state index contributed by atoms with van der Waals surface area (Å²) < 4.78 is 0.854. The number of hydrogen-bond acceptors (Lipinski definition) is 4. The van der Waals surface area contributed by atoms with E-state index in [1.54, 1.807) is 6.07 Å². The SMILES string of the molecule is CN(C)c1ccc(Br)cc1NC(=O)c1ccc(=O)[nH]n1. The van der Waals surface area contributed by atoms with E-state index in [0.717, 1.165) is 10.2 Å². The molecule has 0 fully saturated rings. The van der Waals surface area contributed by atoms with Gasteiger partial charge in [-0.15, -0.1) is 0 Å². The van der Waals surface area contributed by atoms with Gasteiger partial charge in [-0.3, -0.25) is 9.59 Å². The summed E-state index contributed by atoms with van der Waals surface area (Å²) in [5.74, 6) is -0.387. The maximum atomic E-state index is 12.1. The number of anilines is 2. The Morgan fingerprint density at radius 2 is 2.05 bits per heavy atom. The van der Waals surface area contributed by atoms with Gasteiger partial charge in [0.2, 0.25) is 0 Å². The summed E-state index contributed by atoms with van der Waals surface area (Å²) in [5, 5.41) is 8.70. The first-order valence-electron chi connectivity index (χ1n) is 5.81. The molecular formula is C13H13BrN4O2. The third-order valence-corrected chi connectivity index (χ3v) is 3.09. The largest absolute Gasteiger partial charge is 0.376 e. The van der Waals surface area contributed by atoms with Gasteiger partial charge >= 0.3 is 0 Å². The fraction of sp³-hybridized carbons (Fsp3) is 0.154. The highest BCUT2D eigenvalue weighted by atomic mass is 79.9. The van der Waals surface area contributed by atoms with E-state index in [2.05, 4.69) is 31.4 Å². The monoisotopic (exact) mass is 336 g/mol. The van der Waals surface area contributed by atoms with Crippen molar-refractivity contribution in [3.05, 3.63) is 50.9 Å². The van der Waals surface area contributed by atoms with Crippen LogP contribution in [0.1, 0.15) is 10.5 Å². The third-order valence-electron chi connectivity index (χ3n) is 2.60. The molecule has 0 bridgehead atoms. The minimum atomic E-state index is -0.387. The van der Waals surface area contributed by atoms with E-state index in [1.165, 1.54) is 12.1 Å². The van der Waals surface area contributed by atoms with Crippen molar-refractivity contribution in [2.45, 2.75) is 0 Å². The van der Waals surface area contributed by atoms with Gasteiger partial charge in [0.05, 0.1) is 11.4 Å². The minimum absolute atomic E-state index is 0.147. The Bertz CT molecular complexity index is 677. The lowest BCUT2D eigenvalue weighted by atomic mass is 10.2. The van der Waals surface area contributed by atoms with Crippen molar-refractivity contribution in [1.82, 2.24) is 10.2 Å². The second-order valence-electron chi connectivity index (χ2n) is 4.32. The lowest BCUT2D eigenvalue weighted by molar-refractivity contribution is 0.102. The number of halogens is 1. The number of H-pyrrole nitrogens is 1. The van der Waals surface area contributed by atoms with Crippen molar-refractivity contribution < 1.29 is 4.79 Å². The Morgan fingerprint density at radius 1 is 1.30 bits per heavy atom. The van der Waals surface area contributed by atoms with Crippen LogP contribution >= 0.6 is 15.9 Å². The van der Waals surface area contributed by atoms with Crippen molar-refractivity contribution in [3.63, 3.8) is 0 Å². The molecule has 1 aromatic carbocycles. The van der Waals surface area contributed by atoms with Gasteiger partial charge in [-0.05, 0) is 24.3 Å². The van der Waals surface area contributed by atoms with Crippen LogP contribution in [0.4, 0.5) is 11.4 Å². The molecule has 2 N–H and O–H groups in total. The molecule has 7 heteroatoms. The standard InChI is InChI=1S/C13H13BrN4O2/c1-18(2)11-5-3-8(14)7-10(11)15-13(20)9-4-6-12(19)17-16-9/h3-7H,1-2H3,(H,15,20)(H,17,19). The first-order chi connectivity index (χ1) is 9.47. The van der Waals surface area contributed by atoms with Crippen LogP contribution in [-0.4, -0.2) is 30.2 Å². The van der Waals surface area contributed by atoms with Gasteiger partial charge in [0.1, 0.15) is 5.69 Å². The number of aromatic nitrogens is 2. The van der Waals surface area contributed by atoms with Crippen LogP contribution in [-0.2, 0) is 0 Å². The summed E-state index contributed by atoms with van der Waals surface area (Å²) in [6.07, 6.45) is 0. The van der Waals surface area contributed by atoms with Gasteiger partial charge in [0, 0.05) is 24.6 Å². The molecular weight excluding hydrogens is 324 g/mol. The summed E-state index contributed by atoms with van der Waals surface area (Å²) in [4.78, 5) is 24.9.